The third kappa shape index (κ3) is 2.90. The first-order valence-corrected chi connectivity index (χ1v) is 13.7. The van der Waals surface area contributed by atoms with Crippen LogP contribution in [0.3, 0.4) is 0 Å². The standard InChI is InChI=1S/C30H50O/c1-19(2)20-13-15-28(5)17-18-29(6)21-11-12-24-27(3,4)25(31-8)14-16-30(24,7)22(21)9-10-23(29)26(20)28/h20-26H,1,9-18H2,2-8H3/t20-,21+,22+,23+,24-,25-,26-,28+,29-,30+/m0/s1. The van der Waals surface area contributed by atoms with Gasteiger partial charge in [-0.2, -0.15) is 0 Å². The summed E-state index contributed by atoms with van der Waals surface area (Å²) in [5.41, 5.74) is 3.45. The van der Waals surface area contributed by atoms with E-state index in [1.54, 1.807) is 0 Å². The third-order valence-corrected chi connectivity index (χ3v) is 12.9. The summed E-state index contributed by atoms with van der Waals surface area (Å²) in [6, 6.07) is 0. The van der Waals surface area contributed by atoms with Crippen LogP contribution in [0.2, 0.25) is 0 Å². The van der Waals surface area contributed by atoms with E-state index in [0.717, 1.165) is 35.5 Å². The molecule has 1 heteroatoms. The number of rotatable bonds is 2. The number of allylic oxidation sites excluding steroid dienone is 1. The van der Waals surface area contributed by atoms with Crippen molar-refractivity contribution in [2.45, 2.75) is 112 Å². The number of methoxy groups -OCH3 is 1. The first-order chi connectivity index (χ1) is 14.5. The van der Waals surface area contributed by atoms with E-state index >= 15 is 0 Å². The maximum atomic E-state index is 6.03. The van der Waals surface area contributed by atoms with Gasteiger partial charge >= 0.3 is 0 Å². The summed E-state index contributed by atoms with van der Waals surface area (Å²) in [4.78, 5) is 0. The molecule has 0 aromatic carbocycles. The van der Waals surface area contributed by atoms with Gasteiger partial charge in [-0.25, -0.2) is 0 Å². The summed E-state index contributed by atoms with van der Waals surface area (Å²) in [6.45, 7) is 20.0. The van der Waals surface area contributed by atoms with Gasteiger partial charge in [0.05, 0.1) is 6.10 Å². The highest BCUT2D eigenvalue weighted by Crippen LogP contribution is 2.73. The molecule has 5 fully saturated rings. The van der Waals surface area contributed by atoms with Crippen molar-refractivity contribution in [1.29, 1.82) is 0 Å². The highest BCUT2D eigenvalue weighted by molar-refractivity contribution is 5.18. The molecule has 5 aliphatic carbocycles. The zero-order valence-corrected chi connectivity index (χ0v) is 21.7. The Morgan fingerprint density at radius 1 is 0.742 bits per heavy atom. The second-order valence-electron chi connectivity index (χ2n) is 14.3. The van der Waals surface area contributed by atoms with Gasteiger partial charge in [-0.3, -0.25) is 0 Å². The summed E-state index contributed by atoms with van der Waals surface area (Å²) in [7, 11) is 1.95. The zero-order chi connectivity index (χ0) is 22.4. The van der Waals surface area contributed by atoms with Crippen LogP contribution in [0.5, 0.6) is 0 Å². The third-order valence-electron chi connectivity index (χ3n) is 12.9. The van der Waals surface area contributed by atoms with E-state index in [1.165, 1.54) is 69.8 Å². The van der Waals surface area contributed by atoms with Crippen molar-refractivity contribution in [2.75, 3.05) is 7.11 Å². The van der Waals surface area contributed by atoms with Crippen LogP contribution in [0.15, 0.2) is 12.2 Å². The summed E-state index contributed by atoms with van der Waals surface area (Å²) in [5, 5.41) is 0. The van der Waals surface area contributed by atoms with Crippen molar-refractivity contribution < 1.29 is 4.74 Å². The molecule has 0 bridgehead atoms. The smallest absolute Gasteiger partial charge is 0.0625 e. The minimum atomic E-state index is 0.312. The molecule has 0 aromatic heterocycles. The summed E-state index contributed by atoms with van der Waals surface area (Å²) in [5.74, 6) is 5.31. The van der Waals surface area contributed by atoms with Crippen LogP contribution < -0.4 is 0 Å². The Kier molecular flexibility index (Phi) is 5.15. The molecular weight excluding hydrogens is 376 g/mol. The van der Waals surface area contributed by atoms with Crippen LogP contribution in [0.25, 0.3) is 0 Å². The molecule has 31 heavy (non-hydrogen) atoms. The number of hydrogen-bond donors (Lipinski definition) is 0. The molecule has 10 atom stereocenters. The molecule has 0 saturated heterocycles. The van der Waals surface area contributed by atoms with Gasteiger partial charge in [-0.15, -0.1) is 0 Å². The summed E-state index contributed by atoms with van der Waals surface area (Å²) >= 11 is 0. The Morgan fingerprint density at radius 3 is 2.06 bits per heavy atom. The Labute approximate surface area is 193 Å². The number of fused-ring (bicyclic) bond motifs is 7. The molecule has 0 spiro atoms. The highest BCUT2D eigenvalue weighted by atomic mass is 16.5. The topological polar surface area (TPSA) is 9.23 Å². The van der Waals surface area contributed by atoms with Gasteiger partial charge in [-0.1, -0.05) is 46.8 Å². The zero-order valence-electron chi connectivity index (χ0n) is 21.7. The molecule has 0 heterocycles. The van der Waals surface area contributed by atoms with Crippen molar-refractivity contribution in [3.8, 4) is 0 Å². The van der Waals surface area contributed by atoms with E-state index < -0.39 is 0 Å². The Morgan fingerprint density at radius 2 is 1.39 bits per heavy atom. The average molecular weight is 427 g/mol. The van der Waals surface area contributed by atoms with Crippen LogP contribution in [0, 0.1) is 57.2 Å². The predicted molar refractivity (Wildman–Crippen MR) is 131 cm³/mol. The van der Waals surface area contributed by atoms with Gasteiger partial charge in [0.25, 0.3) is 0 Å². The normalized spacial score (nSPS) is 55.5. The maximum Gasteiger partial charge on any atom is 0.0625 e. The van der Waals surface area contributed by atoms with Crippen molar-refractivity contribution in [2.24, 2.45) is 57.2 Å². The predicted octanol–water partition coefficient (Wildman–Crippen LogP) is 8.29. The Hall–Kier alpha value is -0.300. The van der Waals surface area contributed by atoms with Gasteiger partial charge in [-0.05, 0) is 128 Å². The fraction of sp³-hybridized carbons (Fsp3) is 0.933. The largest absolute Gasteiger partial charge is 0.381 e. The fourth-order valence-corrected chi connectivity index (χ4v) is 11.4. The van der Waals surface area contributed by atoms with Gasteiger partial charge in [0.2, 0.25) is 0 Å². The van der Waals surface area contributed by atoms with E-state index in [-0.39, 0.29) is 0 Å². The fourth-order valence-electron chi connectivity index (χ4n) is 11.4. The van der Waals surface area contributed by atoms with Gasteiger partial charge in [0.1, 0.15) is 0 Å². The lowest BCUT2D eigenvalue weighted by molar-refractivity contribution is -0.210. The molecule has 1 nitrogen and oxygen atoms in total. The lowest BCUT2D eigenvalue weighted by atomic mass is 9.37. The molecule has 0 radical (unpaired) electrons. The van der Waals surface area contributed by atoms with E-state index in [2.05, 4.69) is 48.1 Å². The van der Waals surface area contributed by atoms with Gasteiger partial charge in [0.15, 0.2) is 0 Å². The monoisotopic (exact) mass is 426 g/mol. The van der Waals surface area contributed by atoms with E-state index in [4.69, 9.17) is 4.74 Å². The molecule has 176 valence electrons. The molecule has 5 rings (SSSR count). The quantitative estimate of drug-likeness (QED) is 0.403. The van der Waals surface area contributed by atoms with Crippen molar-refractivity contribution in [3.05, 3.63) is 12.2 Å². The van der Waals surface area contributed by atoms with Crippen LogP contribution in [-0.2, 0) is 4.74 Å². The first kappa shape index (κ1) is 22.5. The van der Waals surface area contributed by atoms with E-state index in [1.807, 2.05) is 7.11 Å². The molecule has 0 N–H and O–H groups in total. The second-order valence-corrected chi connectivity index (χ2v) is 14.3. The van der Waals surface area contributed by atoms with Crippen LogP contribution in [-0.4, -0.2) is 13.2 Å². The first-order valence-electron chi connectivity index (χ1n) is 13.7. The molecule has 0 unspecified atom stereocenters. The summed E-state index contributed by atoms with van der Waals surface area (Å²) < 4.78 is 6.03. The van der Waals surface area contributed by atoms with Crippen LogP contribution in [0.1, 0.15) is 106 Å². The van der Waals surface area contributed by atoms with Crippen molar-refractivity contribution in [3.63, 3.8) is 0 Å². The van der Waals surface area contributed by atoms with E-state index in [0.29, 0.717) is 27.8 Å². The van der Waals surface area contributed by atoms with E-state index in [9.17, 15) is 0 Å². The molecule has 0 aromatic rings. The molecule has 0 amide bonds. The SMILES string of the molecule is C=C(C)[C@@H]1CC[C@]2(C)CC[C@]3(C)[C@H](CC[C@@H]4[C@H]3CC[C@H]3C(C)(C)[C@@H](OC)CC[C@]43C)[C@H]12. The van der Waals surface area contributed by atoms with Crippen LogP contribution >= 0.6 is 0 Å². The molecule has 5 aliphatic rings. The number of ether oxygens (including phenoxy) is 1. The lowest BCUT2D eigenvalue weighted by Crippen LogP contribution is -2.62. The van der Waals surface area contributed by atoms with Gasteiger partial charge < -0.3 is 4.74 Å². The van der Waals surface area contributed by atoms with Crippen molar-refractivity contribution >= 4 is 0 Å². The lowest BCUT2D eigenvalue weighted by Gasteiger charge is -2.68. The molecule has 0 aliphatic heterocycles. The highest BCUT2D eigenvalue weighted by Gasteiger charge is 2.66. The number of hydrogen-bond acceptors (Lipinski definition) is 1. The molecule has 5 saturated carbocycles. The minimum Gasteiger partial charge on any atom is -0.381 e. The maximum absolute atomic E-state index is 6.03. The minimum absolute atomic E-state index is 0.312. The second kappa shape index (κ2) is 7.10. The Bertz CT molecular complexity index is 737. The average Bonchev–Trinajstić information content (AvgIpc) is 3.05. The summed E-state index contributed by atoms with van der Waals surface area (Å²) in [6.07, 6.45) is 14.8. The van der Waals surface area contributed by atoms with Crippen molar-refractivity contribution in [1.82, 2.24) is 0 Å². The van der Waals surface area contributed by atoms with Crippen LogP contribution in [0.4, 0.5) is 0 Å². The van der Waals surface area contributed by atoms with Gasteiger partial charge in [0, 0.05) is 7.11 Å². The Balaban J connectivity index is 1.48. The molecular formula is C30H50O.